The number of nitrogens with one attached hydrogen (secondary N) is 1. The highest BCUT2D eigenvalue weighted by molar-refractivity contribution is 5.90. The first-order valence-corrected chi connectivity index (χ1v) is 10.4. The van der Waals surface area contributed by atoms with Crippen LogP contribution in [0.1, 0.15) is 11.1 Å². The standard InChI is InChI=1S/C24H19FN6O3/c1-14-5-8-16(9-6-14)21-27-23(34-29-21)18-4-3-11-30-22(18)28-31(24(30)33)13-20(32)26-17-10-7-15(2)19(25)12-17/h3-12H,13H2,1-2H3,(H,26,32). The molecule has 0 bridgehead atoms. The first kappa shape index (κ1) is 21.3. The average Bonchev–Trinajstić information content (AvgIpc) is 3.42. The molecule has 0 aliphatic rings. The number of halogens is 1. The molecular weight excluding hydrogens is 439 g/mol. The van der Waals surface area contributed by atoms with Gasteiger partial charge in [0.25, 0.3) is 5.89 Å². The normalized spacial score (nSPS) is 11.1. The maximum absolute atomic E-state index is 13.8. The van der Waals surface area contributed by atoms with E-state index in [0.29, 0.717) is 22.6 Å². The molecule has 2 aromatic carbocycles. The van der Waals surface area contributed by atoms with Gasteiger partial charge in [-0.3, -0.25) is 4.79 Å². The van der Waals surface area contributed by atoms with Crippen molar-refractivity contribution in [1.29, 1.82) is 0 Å². The van der Waals surface area contributed by atoms with Gasteiger partial charge >= 0.3 is 5.69 Å². The summed E-state index contributed by atoms with van der Waals surface area (Å²) < 4.78 is 21.5. The molecule has 0 aliphatic heterocycles. The van der Waals surface area contributed by atoms with Crippen LogP contribution in [0, 0.1) is 19.7 Å². The predicted molar refractivity (Wildman–Crippen MR) is 123 cm³/mol. The number of hydrogen-bond donors (Lipinski definition) is 1. The van der Waals surface area contributed by atoms with Crippen molar-refractivity contribution in [3.05, 3.63) is 88.2 Å². The highest BCUT2D eigenvalue weighted by Crippen LogP contribution is 2.24. The van der Waals surface area contributed by atoms with Gasteiger partial charge in [-0.05, 0) is 43.7 Å². The third kappa shape index (κ3) is 3.96. The number of carbonyl (C=O) groups excluding carboxylic acids is 1. The smallest absolute Gasteiger partial charge is 0.333 e. The van der Waals surface area contributed by atoms with E-state index in [1.165, 1.54) is 16.7 Å². The highest BCUT2D eigenvalue weighted by Gasteiger charge is 2.18. The second-order valence-electron chi connectivity index (χ2n) is 7.86. The third-order valence-corrected chi connectivity index (χ3v) is 5.32. The van der Waals surface area contributed by atoms with Gasteiger partial charge in [-0.25, -0.2) is 18.3 Å². The van der Waals surface area contributed by atoms with Crippen LogP contribution in [0.3, 0.4) is 0 Å². The highest BCUT2D eigenvalue weighted by atomic mass is 19.1. The zero-order chi connectivity index (χ0) is 23.8. The van der Waals surface area contributed by atoms with Crippen molar-refractivity contribution in [2.45, 2.75) is 20.4 Å². The van der Waals surface area contributed by atoms with Crippen molar-refractivity contribution < 1.29 is 13.7 Å². The third-order valence-electron chi connectivity index (χ3n) is 5.32. The SMILES string of the molecule is Cc1ccc(-c2noc(-c3cccn4c(=O)n(CC(=O)Nc5ccc(C)c(F)c5)nc34)n2)cc1. The van der Waals surface area contributed by atoms with E-state index in [1.807, 2.05) is 31.2 Å². The summed E-state index contributed by atoms with van der Waals surface area (Å²) in [5.74, 6) is -0.354. The molecule has 0 radical (unpaired) electrons. The van der Waals surface area contributed by atoms with Crippen molar-refractivity contribution in [2.24, 2.45) is 0 Å². The number of aromatic nitrogens is 5. The predicted octanol–water partition coefficient (Wildman–Crippen LogP) is 3.61. The molecule has 0 fully saturated rings. The van der Waals surface area contributed by atoms with E-state index in [0.717, 1.165) is 15.8 Å². The lowest BCUT2D eigenvalue weighted by molar-refractivity contribution is -0.117. The van der Waals surface area contributed by atoms with Crippen LogP contribution in [0.4, 0.5) is 10.1 Å². The number of aryl methyl sites for hydroxylation is 2. The summed E-state index contributed by atoms with van der Waals surface area (Å²) in [5, 5.41) is 10.9. The summed E-state index contributed by atoms with van der Waals surface area (Å²) in [7, 11) is 0. The van der Waals surface area contributed by atoms with Gasteiger partial charge in [0.1, 0.15) is 12.4 Å². The van der Waals surface area contributed by atoms with Gasteiger partial charge in [-0.15, -0.1) is 5.10 Å². The maximum Gasteiger partial charge on any atom is 0.350 e. The molecule has 1 N–H and O–H groups in total. The molecule has 9 nitrogen and oxygen atoms in total. The summed E-state index contributed by atoms with van der Waals surface area (Å²) in [5.41, 5.74) is 2.86. The fraction of sp³-hybridized carbons (Fsp3) is 0.125. The number of hydrogen-bond acceptors (Lipinski definition) is 6. The van der Waals surface area contributed by atoms with E-state index >= 15 is 0 Å². The lowest BCUT2D eigenvalue weighted by Gasteiger charge is -2.05. The first-order chi connectivity index (χ1) is 16.4. The van der Waals surface area contributed by atoms with E-state index < -0.39 is 17.4 Å². The van der Waals surface area contributed by atoms with E-state index in [1.54, 1.807) is 31.2 Å². The number of pyridine rings is 1. The first-order valence-electron chi connectivity index (χ1n) is 10.4. The number of benzene rings is 2. The van der Waals surface area contributed by atoms with Crippen molar-refractivity contribution in [3.63, 3.8) is 0 Å². The van der Waals surface area contributed by atoms with Gasteiger partial charge in [-0.2, -0.15) is 4.98 Å². The zero-order valence-corrected chi connectivity index (χ0v) is 18.3. The van der Waals surface area contributed by atoms with E-state index in [-0.39, 0.29) is 18.1 Å². The Kier molecular flexibility index (Phi) is 5.25. The van der Waals surface area contributed by atoms with Crippen molar-refractivity contribution >= 4 is 17.2 Å². The molecule has 0 atom stereocenters. The molecule has 10 heteroatoms. The Morgan fingerprint density at radius 3 is 2.68 bits per heavy atom. The van der Waals surface area contributed by atoms with E-state index in [4.69, 9.17) is 4.52 Å². The summed E-state index contributed by atoms with van der Waals surface area (Å²) in [4.78, 5) is 29.7. The van der Waals surface area contributed by atoms with Crippen LogP contribution >= 0.6 is 0 Å². The van der Waals surface area contributed by atoms with E-state index in [9.17, 15) is 14.0 Å². The minimum Gasteiger partial charge on any atom is -0.333 e. The number of fused-ring (bicyclic) bond motifs is 1. The van der Waals surface area contributed by atoms with Gasteiger partial charge in [0.05, 0.1) is 5.56 Å². The lowest BCUT2D eigenvalue weighted by atomic mass is 10.1. The molecule has 5 aromatic rings. The molecule has 0 aliphatic carbocycles. The fourth-order valence-electron chi connectivity index (χ4n) is 3.47. The summed E-state index contributed by atoms with van der Waals surface area (Å²) >= 11 is 0. The minimum absolute atomic E-state index is 0.193. The molecule has 0 saturated heterocycles. The summed E-state index contributed by atoms with van der Waals surface area (Å²) in [6.45, 7) is 3.26. The average molecular weight is 458 g/mol. The molecular formula is C24H19FN6O3. The van der Waals surface area contributed by atoms with Crippen LogP contribution in [-0.2, 0) is 11.3 Å². The van der Waals surface area contributed by atoms with Crippen LogP contribution < -0.4 is 11.0 Å². The van der Waals surface area contributed by atoms with Crippen LogP contribution in [0.25, 0.3) is 28.5 Å². The number of carbonyl (C=O) groups is 1. The summed E-state index contributed by atoms with van der Waals surface area (Å²) in [6.07, 6.45) is 1.54. The Morgan fingerprint density at radius 2 is 1.91 bits per heavy atom. The Morgan fingerprint density at radius 1 is 1.12 bits per heavy atom. The zero-order valence-electron chi connectivity index (χ0n) is 18.3. The van der Waals surface area contributed by atoms with Gasteiger partial charge in [-0.1, -0.05) is 41.1 Å². The lowest BCUT2D eigenvalue weighted by Crippen LogP contribution is -2.28. The molecule has 3 heterocycles. The van der Waals surface area contributed by atoms with Crippen molar-refractivity contribution in [2.75, 3.05) is 5.32 Å². The topological polar surface area (TPSA) is 107 Å². The number of nitrogens with zero attached hydrogens (tertiary/aromatic N) is 5. The van der Waals surface area contributed by atoms with E-state index in [2.05, 4.69) is 20.6 Å². The fourth-order valence-corrected chi connectivity index (χ4v) is 3.47. The van der Waals surface area contributed by atoms with Gasteiger partial charge in [0.2, 0.25) is 11.7 Å². The molecule has 0 unspecified atom stereocenters. The quantitative estimate of drug-likeness (QED) is 0.431. The Balaban J connectivity index is 1.44. The minimum atomic E-state index is -0.519. The van der Waals surface area contributed by atoms with Gasteiger partial charge in [0, 0.05) is 17.4 Å². The second kappa shape index (κ2) is 8.39. The van der Waals surface area contributed by atoms with Crippen LogP contribution in [0.2, 0.25) is 0 Å². The van der Waals surface area contributed by atoms with Crippen molar-refractivity contribution in [1.82, 2.24) is 24.3 Å². The molecule has 1 amide bonds. The van der Waals surface area contributed by atoms with Crippen molar-refractivity contribution in [3.8, 4) is 22.8 Å². The van der Waals surface area contributed by atoms with Crippen LogP contribution in [-0.4, -0.2) is 30.2 Å². The van der Waals surface area contributed by atoms with Crippen LogP contribution in [0.5, 0.6) is 0 Å². The van der Waals surface area contributed by atoms with Crippen LogP contribution in [0.15, 0.2) is 70.1 Å². The number of amides is 1. The maximum atomic E-state index is 13.8. The summed E-state index contributed by atoms with van der Waals surface area (Å²) in [6, 6.07) is 15.4. The Bertz CT molecular complexity index is 1580. The second-order valence-corrected chi connectivity index (χ2v) is 7.86. The Labute approximate surface area is 192 Å². The Hall–Kier alpha value is -4.60. The van der Waals surface area contributed by atoms with Gasteiger partial charge < -0.3 is 9.84 Å². The number of rotatable bonds is 5. The largest absolute Gasteiger partial charge is 0.350 e. The van der Waals surface area contributed by atoms with Gasteiger partial charge in [0.15, 0.2) is 5.65 Å². The molecule has 0 saturated carbocycles. The molecule has 170 valence electrons. The molecule has 5 rings (SSSR count). The molecule has 0 spiro atoms. The molecule has 34 heavy (non-hydrogen) atoms. The monoisotopic (exact) mass is 458 g/mol. The molecule has 3 aromatic heterocycles. The number of anilines is 1.